The highest BCUT2D eigenvalue weighted by Gasteiger charge is 2.35. The van der Waals surface area contributed by atoms with Crippen molar-refractivity contribution in [3.63, 3.8) is 0 Å². The van der Waals surface area contributed by atoms with E-state index in [0.717, 1.165) is 31.7 Å². The fourth-order valence-electron chi connectivity index (χ4n) is 2.94. The molecular formula is C18H23ClFNO5. The molecule has 1 saturated carbocycles. The molecule has 26 heavy (non-hydrogen) atoms. The highest BCUT2D eigenvalue weighted by atomic mass is 35.5. The van der Waals surface area contributed by atoms with Gasteiger partial charge in [0, 0.05) is 12.0 Å². The molecule has 1 aliphatic rings. The van der Waals surface area contributed by atoms with Gasteiger partial charge in [-0.15, -0.1) is 0 Å². The standard InChI is InChI=1S/C18H23ClFNO5/c1-10(2)25-15-9-14(13(20)8-12(15)19)21-18(23)26-16(17(22)24-3)11-6-4-5-7-11/h8-11,16H,4-7H2,1-3H3,(H,21,23). The van der Waals surface area contributed by atoms with Gasteiger partial charge in [0.05, 0.1) is 23.9 Å². The molecule has 0 aliphatic heterocycles. The second kappa shape index (κ2) is 9.07. The molecular weight excluding hydrogens is 365 g/mol. The van der Waals surface area contributed by atoms with Gasteiger partial charge in [-0.05, 0) is 32.8 Å². The Balaban J connectivity index is 2.11. The van der Waals surface area contributed by atoms with Crippen LogP contribution in [0, 0.1) is 11.7 Å². The average Bonchev–Trinajstić information content (AvgIpc) is 3.10. The Bertz CT molecular complexity index is 661. The van der Waals surface area contributed by atoms with Gasteiger partial charge >= 0.3 is 12.1 Å². The summed E-state index contributed by atoms with van der Waals surface area (Å²) >= 11 is 5.94. The molecule has 0 spiro atoms. The normalized spacial score (nSPS) is 15.6. The van der Waals surface area contributed by atoms with Crippen molar-refractivity contribution in [2.75, 3.05) is 12.4 Å². The van der Waals surface area contributed by atoms with Crippen molar-refractivity contribution >= 4 is 29.4 Å². The third-order valence-electron chi connectivity index (χ3n) is 4.12. The van der Waals surface area contributed by atoms with Crippen LogP contribution in [0.15, 0.2) is 12.1 Å². The van der Waals surface area contributed by atoms with Crippen LogP contribution in [-0.4, -0.2) is 31.4 Å². The maximum Gasteiger partial charge on any atom is 0.412 e. The zero-order valence-corrected chi connectivity index (χ0v) is 15.8. The molecule has 0 bridgehead atoms. The summed E-state index contributed by atoms with van der Waals surface area (Å²) in [6.45, 7) is 3.59. The van der Waals surface area contributed by atoms with Gasteiger partial charge in [0.25, 0.3) is 0 Å². The van der Waals surface area contributed by atoms with Crippen molar-refractivity contribution < 1.29 is 28.2 Å². The molecule has 1 aromatic carbocycles. The van der Waals surface area contributed by atoms with E-state index >= 15 is 0 Å². The summed E-state index contributed by atoms with van der Waals surface area (Å²) in [5.74, 6) is -1.22. The third-order valence-corrected chi connectivity index (χ3v) is 4.41. The Kier molecular flexibility index (Phi) is 7.08. The molecule has 1 fully saturated rings. The third kappa shape index (κ3) is 5.24. The zero-order valence-electron chi connectivity index (χ0n) is 15.0. The van der Waals surface area contributed by atoms with E-state index in [0.29, 0.717) is 0 Å². The maximum atomic E-state index is 14.1. The zero-order chi connectivity index (χ0) is 19.3. The first-order valence-electron chi connectivity index (χ1n) is 8.53. The van der Waals surface area contributed by atoms with E-state index in [-0.39, 0.29) is 28.5 Å². The molecule has 6 nitrogen and oxygen atoms in total. The number of carbonyl (C=O) groups is 2. The molecule has 1 aliphatic carbocycles. The number of hydrogen-bond acceptors (Lipinski definition) is 5. The molecule has 1 aromatic rings. The largest absolute Gasteiger partial charge is 0.489 e. The molecule has 0 heterocycles. The summed E-state index contributed by atoms with van der Waals surface area (Å²) in [4.78, 5) is 24.1. The van der Waals surface area contributed by atoms with Gasteiger partial charge in [-0.3, -0.25) is 5.32 Å². The van der Waals surface area contributed by atoms with Crippen LogP contribution < -0.4 is 10.1 Å². The highest BCUT2D eigenvalue weighted by molar-refractivity contribution is 6.32. The molecule has 8 heteroatoms. The average molecular weight is 388 g/mol. The molecule has 0 saturated heterocycles. The second-order valence-corrected chi connectivity index (χ2v) is 6.85. The Hall–Kier alpha value is -2.02. The van der Waals surface area contributed by atoms with Crippen molar-refractivity contribution in [2.24, 2.45) is 5.92 Å². The number of anilines is 1. The van der Waals surface area contributed by atoms with Gasteiger partial charge in [-0.1, -0.05) is 24.4 Å². The number of benzene rings is 1. The van der Waals surface area contributed by atoms with E-state index in [9.17, 15) is 14.0 Å². The first-order valence-corrected chi connectivity index (χ1v) is 8.90. The molecule has 144 valence electrons. The van der Waals surface area contributed by atoms with Crippen LogP contribution in [0.3, 0.4) is 0 Å². The smallest absolute Gasteiger partial charge is 0.412 e. The minimum atomic E-state index is -1.01. The summed E-state index contributed by atoms with van der Waals surface area (Å²) in [6.07, 6.45) is 1.34. The monoisotopic (exact) mass is 387 g/mol. The van der Waals surface area contributed by atoms with Gasteiger partial charge < -0.3 is 14.2 Å². The summed E-state index contributed by atoms with van der Waals surface area (Å²) in [5.41, 5.74) is -0.148. The lowest BCUT2D eigenvalue weighted by Gasteiger charge is -2.21. The van der Waals surface area contributed by atoms with Crippen molar-refractivity contribution in [2.45, 2.75) is 51.7 Å². The van der Waals surface area contributed by atoms with Crippen molar-refractivity contribution in [3.05, 3.63) is 23.0 Å². The van der Waals surface area contributed by atoms with Gasteiger partial charge in [0.1, 0.15) is 11.6 Å². The highest BCUT2D eigenvalue weighted by Crippen LogP contribution is 2.32. The molecule has 1 unspecified atom stereocenters. The number of hydrogen-bond donors (Lipinski definition) is 1. The second-order valence-electron chi connectivity index (χ2n) is 6.45. The molecule has 1 N–H and O–H groups in total. The summed E-state index contributed by atoms with van der Waals surface area (Å²) in [7, 11) is 1.24. The van der Waals surface area contributed by atoms with E-state index < -0.39 is 24.0 Å². The number of esters is 1. The minimum absolute atomic E-state index is 0.0912. The lowest BCUT2D eigenvalue weighted by molar-refractivity contribution is -0.153. The van der Waals surface area contributed by atoms with Gasteiger partial charge in [0.15, 0.2) is 0 Å². The number of carbonyl (C=O) groups excluding carboxylic acids is 2. The molecule has 0 aromatic heterocycles. The lowest BCUT2D eigenvalue weighted by atomic mass is 10.0. The molecule has 1 amide bonds. The van der Waals surface area contributed by atoms with Crippen molar-refractivity contribution in [1.29, 1.82) is 0 Å². The first-order chi connectivity index (χ1) is 12.3. The van der Waals surface area contributed by atoms with Crippen molar-refractivity contribution in [1.82, 2.24) is 0 Å². The summed E-state index contributed by atoms with van der Waals surface area (Å²) < 4.78 is 29.5. The predicted molar refractivity (Wildman–Crippen MR) is 95.0 cm³/mol. The number of amides is 1. The summed E-state index contributed by atoms with van der Waals surface area (Å²) in [5, 5.41) is 2.39. The number of methoxy groups -OCH3 is 1. The van der Waals surface area contributed by atoms with Crippen LogP contribution in [0.4, 0.5) is 14.9 Å². The van der Waals surface area contributed by atoms with Crippen LogP contribution in [0.5, 0.6) is 5.75 Å². The van der Waals surface area contributed by atoms with Crippen LogP contribution >= 0.6 is 11.6 Å². The van der Waals surface area contributed by atoms with E-state index in [4.69, 9.17) is 25.8 Å². The fraction of sp³-hybridized carbons (Fsp3) is 0.556. The quantitative estimate of drug-likeness (QED) is 0.725. The number of halogens is 2. The number of ether oxygens (including phenoxy) is 3. The molecule has 2 rings (SSSR count). The van der Waals surface area contributed by atoms with Crippen LogP contribution in [0.25, 0.3) is 0 Å². The number of rotatable bonds is 6. The SMILES string of the molecule is COC(=O)C(OC(=O)Nc1cc(OC(C)C)c(Cl)cc1F)C1CCCC1. The predicted octanol–water partition coefficient (Wildman–Crippen LogP) is 4.55. The molecule has 0 radical (unpaired) electrons. The number of nitrogens with one attached hydrogen (secondary N) is 1. The Morgan fingerprint density at radius 2 is 1.92 bits per heavy atom. The van der Waals surface area contributed by atoms with E-state index in [2.05, 4.69) is 5.32 Å². The van der Waals surface area contributed by atoms with E-state index in [1.54, 1.807) is 13.8 Å². The Morgan fingerprint density at radius 3 is 2.50 bits per heavy atom. The minimum Gasteiger partial charge on any atom is -0.489 e. The van der Waals surface area contributed by atoms with Gasteiger partial charge in [-0.25, -0.2) is 14.0 Å². The van der Waals surface area contributed by atoms with E-state index in [1.807, 2.05) is 0 Å². The fourth-order valence-corrected chi connectivity index (χ4v) is 3.13. The van der Waals surface area contributed by atoms with Crippen LogP contribution in [0.1, 0.15) is 39.5 Å². The van der Waals surface area contributed by atoms with Crippen LogP contribution in [0.2, 0.25) is 5.02 Å². The Labute approximate surface area is 156 Å². The van der Waals surface area contributed by atoms with Gasteiger partial charge in [0.2, 0.25) is 6.10 Å². The topological polar surface area (TPSA) is 73.9 Å². The lowest BCUT2D eigenvalue weighted by Crippen LogP contribution is -2.36. The first kappa shape index (κ1) is 20.3. The molecule has 1 atom stereocenters. The van der Waals surface area contributed by atoms with Crippen molar-refractivity contribution in [3.8, 4) is 5.75 Å². The van der Waals surface area contributed by atoms with Crippen LogP contribution in [-0.2, 0) is 14.3 Å². The Morgan fingerprint density at radius 1 is 1.27 bits per heavy atom. The van der Waals surface area contributed by atoms with Gasteiger partial charge in [-0.2, -0.15) is 0 Å². The maximum absolute atomic E-state index is 14.1. The van der Waals surface area contributed by atoms with E-state index in [1.165, 1.54) is 13.2 Å². The summed E-state index contributed by atoms with van der Waals surface area (Å²) in [6, 6.07) is 2.32.